The standard InChI is InChI=1S/C16H17F3N2O4S/c1-9(6-13(23)24)8-20-12(22)7-15(25,16(17,18)19)14-21-10-4-2-3-5-11(10)26-14/h2-5,9,25H,6-8H2,1H3,(H,20,22)(H,23,24). The summed E-state index contributed by atoms with van der Waals surface area (Å²) in [5, 5.41) is 20.5. The van der Waals surface area contributed by atoms with E-state index in [0.29, 0.717) is 21.6 Å². The fraction of sp³-hybridized carbons (Fsp3) is 0.438. The van der Waals surface area contributed by atoms with Gasteiger partial charge in [-0.15, -0.1) is 11.3 Å². The molecule has 0 saturated carbocycles. The number of aliphatic hydroxyl groups is 1. The number of fused-ring (bicyclic) bond motifs is 1. The van der Waals surface area contributed by atoms with Crippen LogP contribution < -0.4 is 5.32 Å². The minimum absolute atomic E-state index is 0.112. The zero-order valence-corrected chi connectivity index (χ0v) is 14.5. The average Bonchev–Trinajstić information content (AvgIpc) is 2.95. The minimum Gasteiger partial charge on any atom is -0.481 e. The topological polar surface area (TPSA) is 99.5 Å². The van der Waals surface area contributed by atoms with E-state index in [4.69, 9.17) is 5.11 Å². The maximum Gasteiger partial charge on any atom is 0.424 e. The summed E-state index contributed by atoms with van der Waals surface area (Å²) in [4.78, 5) is 26.3. The van der Waals surface area contributed by atoms with Gasteiger partial charge in [-0.2, -0.15) is 13.2 Å². The van der Waals surface area contributed by atoms with Gasteiger partial charge in [-0.1, -0.05) is 19.1 Å². The summed E-state index contributed by atoms with van der Waals surface area (Å²) >= 11 is 0.667. The van der Waals surface area contributed by atoms with Crippen molar-refractivity contribution >= 4 is 33.4 Å². The first-order chi connectivity index (χ1) is 12.0. The van der Waals surface area contributed by atoms with Crippen molar-refractivity contribution in [1.29, 1.82) is 0 Å². The molecule has 1 aromatic heterocycles. The van der Waals surface area contributed by atoms with E-state index in [1.165, 1.54) is 13.0 Å². The molecule has 0 aliphatic rings. The molecule has 2 atom stereocenters. The van der Waals surface area contributed by atoms with Crippen LogP contribution in [0.5, 0.6) is 0 Å². The lowest BCUT2D eigenvalue weighted by Gasteiger charge is -2.28. The Morgan fingerprint density at radius 1 is 1.31 bits per heavy atom. The fourth-order valence-corrected chi connectivity index (χ4v) is 3.37. The summed E-state index contributed by atoms with van der Waals surface area (Å²) < 4.78 is 41.0. The van der Waals surface area contributed by atoms with Crippen LogP contribution in [0.25, 0.3) is 10.2 Å². The Hall–Kier alpha value is -2.20. The number of rotatable bonds is 7. The van der Waals surface area contributed by atoms with Crippen LogP contribution in [0, 0.1) is 5.92 Å². The molecule has 10 heteroatoms. The molecular weight excluding hydrogens is 373 g/mol. The zero-order valence-electron chi connectivity index (χ0n) is 13.7. The molecule has 1 heterocycles. The molecule has 0 radical (unpaired) electrons. The lowest BCUT2D eigenvalue weighted by atomic mass is 9.99. The number of para-hydroxylation sites is 1. The second-order valence-corrected chi connectivity index (χ2v) is 7.06. The molecule has 0 aliphatic heterocycles. The number of carbonyl (C=O) groups excluding carboxylic acids is 1. The Balaban J connectivity index is 2.19. The van der Waals surface area contributed by atoms with E-state index in [-0.39, 0.29) is 13.0 Å². The Morgan fingerprint density at radius 2 is 1.96 bits per heavy atom. The van der Waals surface area contributed by atoms with Crippen LogP contribution >= 0.6 is 11.3 Å². The molecule has 2 rings (SSSR count). The third-order valence-corrected chi connectivity index (χ3v) is 4.89. The number of benzene rings is 1. The first-order valence-corrected chi connectivity index (χ1v) is 8.48. The number of aromatic nitrogens is 1. The number of amides is 1. The van der Waals surface area contributed by atoms with E-state index in [1.54, 1.807) is 18.2 Å². The van der Waals surface area contributed by atoms with Crippen molar-refractivity contribution in [2.75, 3.05) is 6.54 Å². The Labute approximate surface area is 150 Å². The van der Waals surface area contributed by atoms with Gasteiger partial charge in [0.25, 0.3) is 0 Å². The molecule has 0 bridgehead atoms. The molecular formula is C16H17F3N2O4S. The number of aliphatic carboxylic acids is 1. The second-order valence-electron chi connectivity index (χ2n) is 6.03. The molecule has 0 fully saturated rings. The van der Waals surface area contributed by atoms with E-state index < -0.39 is 41.0 Å². The zero-order chi connectivity index (χ0) is 19.5. The molecule has 0 aliphatic carbocycles. The van der Waals surface area contributed by atoms with Gasteiger partial charge < -0.3 is 15.5 Å². The van der Waals surface area contributed by atoms with Crippen LogP contribution in [0.1, 0.15) is 24.8 Å². The van der Waals surface area contributed by atoms with Crippen molar-refractivity contribution in [1.82, 2.24) is 10.3 Å². The van der Waals surface area contributed by atoms with Gasteiger partial charge in [0.15, 0.2) is 0 Å². The minimum atomic E-state index is -5.11. The maximum absolute atomic E-state index is 13.5. The van der Waals surface area contributed by atoms with Crippen LogP contribution in [-0.4, -0.2) is 39.8 Å². The number of hydrogen-bond donors (Lipinski definition) is 3. The van der Waals surface area contributed by atoms with Gasteiger partial charge in [-0.3, -0.25) is 9.59 Å². The molecule has 2 unspecified atom stereocenters. The first-order valence-electron chi connectivity index (χ1n) is 7.66. The summed E-state index contributed by atoms with van der Waals surface area (Å²) in [6.07, 6.45) is -6.59. The number of carbonyl (C=O) groups is 2. The fourth-order valence-electron chi connectivity index (χ4n) is 2.30. The number of alkyl halides is 3. The monoisotopic (exact) mass is 390 g/mol. The SMILES string of the molecule is CC(CNC(=O)CC(O)(c1nc2ccccc2s1)C(F)(F)F)CC(=O)O. The second kappa shape index (κ2) is 7.58. The van der Waals surface area contributed by atoms with Gasteiger partial charge in [0.2, 0.25) is 11.5 Å². The molecule has 1 amide bonds. The first kappa shape index (κ1) is 20.1. The highest BCUT2D eigenvalue weighted by Crippen LogP contribution is 2.44. The third-order valence-electron chi connectivity index (χ3n) is 3.70. The Morgan fingerprint density at radius 3 is 2.54 bits per heavy atom. The highest BCUT2D eigenvalue weighted by atomic mass is 32.1. The number of nitrogens with zero attached hydrogens (tertiary/aromatic N) is 1. The molecule has 0 spiro atoms. The average molecular weight is 390 g/mol. The maximum atomic E-state index is 13.5. The molecule has 2 aromatic rings. The largest absolute Gasteiger partial charge is 0.481 e. The summed E-state index contributed by atoms with van der Waals surface area (Å²) in [5.41, 5.74) is -3.12. The number of nitrogens with one attached hydrogen (secondary N) is 1. The van der Waals surface area contributed by atoms with Crippen LogP contribution in [0.15, 0.2) is 24.3 Å². The number of hydrogen-bond acceptors (Lipinski definition) is 5. The van der Waals surface area contributed by atoms with Gasteiger partial charge in [0.05, 0.1) is 16.6 Å². The molecule has 1 aromatic carbocycles. The van der Waals surface area contributed by atoms with Crippen molar-refractivity contribution in [3.05, 3.63) is 29.3 Å². The van der Waals surface area contributed by atoms with Crippen molar-refractivity contribution in [2.24, 2.45) is 5.92 Å². The Kier molecular flexibility index (Phi) is 5.87. The normalized spacial score (nSPS) is 15.4. The number of carboxylic acids is 1. The van der Waals surface area contributed by atoms with Gasteiger partial charge in [-0.25, -0.2) is 4.98 Å². The van der Waals surface area contributed by atoms with Gasteiger partial charge in [-0.05, 0) is 18.1 Å². The van der Waals surface area contributed by atoms with E-state index in [9.17, 15) is 27.9 Å². The highest BCUT2D eigenvalue weighted by molar-refractivity contribution is 7.18. The Bertz CT molecular complexity index is 775. The molecule has 3 N–H and O–H groups in total. The number of carboxylic acid groups (broad SMARTS) is 1. The summed E-state index contributed by atoms with van der Waals surface area (Å²) in [6, 6.07) is 6.32. The highest BCUT2D eigenvalue weighted by Gasteiger charge is 2.58. The van der Waals surface area contributed by atoms with Gasteiger partial charge in [0.1, 0.15) is 5.01 Å². The predicted molar refractivity (Wildman–Crippen MR) is 88.6 cm³/mol. The van der Waals surface area contributed by atoms with Crippen molar-refractivity contribution in [3.8, 4) is 0 Å². The third kappa shape index (κ3) is 4.50. The lowest BCUT2D eigenvalue weighted by Crippen LogP contribution is -2.46. The van der Waals surface area contributed by atoms with Crippen molar-refractivity contribution in [2.45, 2.75) is 31.5 Å². The van der Waals surface area contributed by atoms with Crippen LogP contribution in [0.4, 0.5) is 13.2 Å². The van der Waals surface area contributed by atoms with Gasteiger partial charge in [0, 0.05) is 13.0 Å². The van der Waals surface area contributed by atoms with Gasteiger partial charge >= 0.3 is 12.1 Å². The lowest BCUT2D eigenvalue weighted by molar-refractivity contribution is -0.267. The molecule has 26 heavy (non-hydrogen) atoms. The van der Waals surface area contributed by atoms with Crippen molar-refractivity contribution < 1.29 is 33.0 Å². The summed E-state index contributed by atoms with van der Waals surface area (Å²) in [7, 11) is 0. The molecule has 0 saturated heterocycles. The van der Waals surface area contributed by atoms with Crippen LogP contribution in [-0.2, 0) is 15.2 Å². The molecule has 142 valence electrons. The van der Waals surface area contributed by atoms with Crippen molar-refractivity contribution in [3.63, 3.8) is 0 Å². The summed E-state index contributed by atoms with van der Waals surface area (Å²) in [5.74, 6) is -2.58. The van der Waals surface area contributed by atoms with Crippen LogP contribution in [0.2, 0.25) is 0 Å². The van der Waals surface area contributed by atoms with E-state index in [0.717, 1.165) is 0 Å². The predicted octanol–water partition coefficient (Wildman–Crippen LogP) is 2.66. The summed E-state index contributed by atoms with van der Waals surface area (Å²) in [6.45, 7) is 1.43. The smallest absolute Gasteiger partial charge is 0.424 e. The van der Waals surface area contributed by atoms with Crippen LogP contribution in [0.3, 0.4) is 0 Å². The number of halogens is 3. The van der Waals surface area contributed by atoms with E-state index >= 15 is 0 Å². The quantitative estimate of drug-likeness (QED) is 0.675. The van der Waals surface area contributed by atoms with E-state index in [2.05, 4.69) is 10.3 Å². The molecule has 6 nitrogen and oxygen atoms in total. The van der Waals surface area contributed by atoms with E-state index in [1.807, 2.05) is 0 Å². The number of thiazole rings is 1.